The van der Waals surface area contributed by atoms with Gasteiger partial charge in [0.15, 0.2) is 22.4 Å². The number of benzene rings is 2. The molecule has 1 N–H and O–H groups in total. The lowest BCUT2D eigenvalue weighted by Gasteiger charge is -2.26. The average molecular weight is 540 g/mol. The summed E-state index contributed by atoms with van der Waals surface area (Å²) in [4.78, 5) is 26.5. The number of thioether (sulfide) groups is 1. The van der Waals surface area contributed by atoms with E-state index in [1.54, 1.807) is 18.2 Å². The number of nitrogens with zero attached hydrogens (tertiary/aromatic N) is 4. The molecule has 1 aromatic heterocycles. The maximum atomic E-state index is 12.4. The van der Waals surface area contributed by atoms with Crippen LogP contribution in [0, 0.1) is 0 Å². The molecule has 3 aromatic rings. The van der Waals surface area contributed by atoms with E-state index in [0.717, 1.165) is 42.1 Å². The molecule has 4 rings (SSSR count). The third kappa shape index (κ3) is 8.02. The molecule has 1 fully saturated rings. The molecule has 194 valence electrons. The van der Waals surface area contributed by atoms with Gasteiger partial charge in [0, 0.05) is 18.7 Å². The van der Waals surface area contributed by atoms with Crippen LogP contribution in [-0.4, -0.2) is 65.2 Å². The molecule has 2 heterocycles. The second-order valence-corrected chi connectivity index (χ2v) is 10.4. The summed E-state index contributed by atoms with van der Waals surface area (Å²) < 4.78 is 12.2. The predicted octanol–water partition coefficient (Wildman–Crippen LogP) is 4.24. The Morgan fingerprint density at radius 2 is 1.89 bits per heavy atom. The quantitative estimate of drug-likeness (QED) is 0.221. The van der Waals surface area contributed by atoms with Crippen molar-refractivity contribution < 1.29 is 19.1 Å². The number of nitrogens with one attached hydrogen (secondary N) is 1. The van der Waals surface area contributed by atoms with Gasteiger partial charge in [0.05, 0.1) is 18.6 Å². The van der Waals surface area contributed by atoms with E-state index in [4.69, 9.17) is 9.47 Å². The molecule has 0 bridgehead atoms. The first-order valence-corrected chi connectivity index (χ1v) is 13.9. The Bertz CT molecular complexity index is 1210. The molecule has 0 saturated carbocycles. The van der Waals surface area contributed by atoms with Gasteiger partial charge in [0.2, 0.25) is 0 Å². The number of hydrogen-bond acceptors (Lipinski definition) is 9. The summed E-state index contributed by atoms with van der Waals surface area (Å²) >= 11 is 2.75. The number of ether oxygens (including phenoxy) is 2. The summed E-state index contributed by atoms with van der Waals surface area (Å²) in [6.45, 7) is 3.87. The highest BCUT2D eigenvalue weighted by atomic mass is 32.2. The summed E-state index contributed by atoms with van der Waals surface area (Å²) in [6.07, 6.45) is 4.78. The molecule has 0 radical (unpaired) electrons. The molecule has 2 aromatic carbocycles. The van der Waals surface area contributed by atoms with Crippen molar-refractivity contribution in [2.24, 2.45) is 5.10 Å². The van der Waals surface area contributed by atoms with Crippen LogP contribution in [0.3, 0.4) is 0 Å². The minimum Gasteiger partial charge on any atom is -0.490 e. The van der Waals surface area contributed by atoms with Gasteiger partial charge in [-0.15, -0.1) is 10.2 Å². The first-order chi connectivity index (χ1) is 18.1. The van der Waals surface area contributed by atoms with E-state index >= 15 is 0 Å². The van der Waals surface area contributed by atoms with Gasteiger partial charge in [-0.1, -0.05) is 53.4 Å². The molecule has 37 heavy (non-hydrogen) atoms. The highest BCUT2D eigenvalue weighted by molar-refractivity contribution is 8.01. The van der Waals surface area contributed by atoms with Crippen LogP contribution in [0.5, 0.6) is 11.5 Å². The maximum Gasteiger partial charge on any atom is 0.260 e. The standard InChI is InChI=1S/C26H29N5O4S2/c1-2-34-22-15-19(11-12-21(22)35-17-24(33)31-13-7-4-8-14-31)16-27-28-23(32)18-36-26-30-29-25(37-26)20-9-5-3-6-10-20/h3,5-6,9-12,15-16H,2,4,7-8,13-14,17-18H2,1H3,(H,28,32). The molecule has 1 aliphatic rings. The molecule has 0 atom stereocenters. The number of piperidine rings is 1. The van der Waals surface area contributed by atoms with Crippen LogP contribution in [-0.2, 0) is 9.59 Å². The fraction of sp³-hybridized carbons (Fsp3) is 0.346. The minimum atomic E-state index is -0.251. The summed E-state index contributed by atoms with van der Waals surface area (Å²) in [5.41, 5.74) is 4.25. The second kappa shape index (κ2) is 13.8. The first-order valence-electron chi connectivity index (χ1n) is 12.1. The van der Waals surface area contributed by atoms with E-state index in [-0.39, 0.29) is 24.2 Å². The van der Waals surface area contributed by atoms with Gasteiger partial charge in [-0.2, -0.15) is 5.10 Å². The fourth-order valence-electron chi connectivity index (χ4n) is 3.67. The predicted molar refractivity (Wildman–Crippen MR) is 145 cm³/mol. The Labute approximate surface area is 224 Å². The maximum absolute atomic E-state index is 12.4. The van der Waals surface area contributed by atoms with Gasteiger partial charge >= 0.3 is 0 Å². The van der Waals surface area contributed by atoms with E-state index in [1.165, 1.54) is 35.7 Å². The normalized spacial score (nSPS) is 13.5. The number of aromatic nitrogens is 2. The molecule has 0 aliphatic carbocycles. The number of likely N-dealkylation sites (tertiary alicyclic amines) is 1. The highest BCUT2D eigenvalue weighted by Gasteiger charge is 2.18. The molecule has 1 saturated heterocycles. The molecule has 0 spiro atoms. The lowest BCUT2D eigenvalue weighted by Crippen LogP contribution is -2.38. The Hall–Kier alpha value is -3.44. The van der Waals surface area contributed by atoms with Crippen LogP contribution in [0.15, 0.2) is 58.0 Å². The van der Waals surface area contributed by atoms with Crippen LogP contribution in [0.25, 0.3) is 10.6 Å². The smallest absolute Gasteiger partial charge is 0.260 e. The van der Waals surface area contributed by atoms with Gasteiger partial charge < -0.3 is 14.4 Å². The SMILES string of the molecule is CCOc1cc(C=NNC(=O)CSc2nnc(-c3ccccc3)s2)ccc1OCC(=O)N1CCCCC1. The van der Waals surface area contributed by atoms with E-state index < -0.39 is 0 Å². The summed E-state index contributed by atoms with van der Waals surface area (Å²) in [5.74, 6) is 0.919. The second-order valence-electron chi connectivity index (χ2n) is 8.19. The molecule has 0 unspecified atom stereocenters. The van der Waals surface area contributed by atoms with Crippen molar-refractivity contribution in [2.75, 3.05) is 32.1 Å². The topological polar surface area (TPSA) is 106 Å². The molecular formula is C26H29N5O4S2. The summed E-state index contributed by atoms with van der Waals surface area (Å²) in [7, 11) is 0. The molecule has 2 amide bonds. The van der Waals surface area contributed by atoms with E-state index in [9.17, 15) is 9.59 Å². The van der Waals surface area contributed by atoms with Crippen molar-refractivity contribution in [2.45, 2.75) is 30.5 Å². The fourth-order valence-corrected chi connectivity index (χ4v) is 5.32. The lowest BCUT2D eigenvalue weighted by molar-refractivity contribution is -0.134. The van der Waals surface area contributed by atoms with Crippen molar-refractivity contribution in [3.8, 4) is 22.1 Å². The van der Waals surface area contributed by atoms with Gasteiger partial charge in [-0.3, -0.25) is 9.59 Å². The summed E-state index contributed by atoms with van der Waals surface area (Å²) in [6, 6.07) is 15.1. The van der Waals surface area contributed by atoms with Crippen molar-refractivity contribution in [1.82, 2.24) is 20.5 Å². The van der Waals surface area contributed by atoms with Crippen LogP contribution >= 0.6 is 23.1 Å². The average Bonchev–Trinajstić information content (AvgIpc) is 3.42. The number of amides is 2. The van der Waals surface area contributed by atoms with Crippen molar-refractivity contribution in [3.63, 3.8) is 0 Å². The zero-order chi connectivity index (χ0) is 25.9. The van der Waals surface area contributed by atoms with Crippen molar-refractivity contribution >= 4 is 41.1 Å². The summed E-state index contributed by atoms with van der Waals surface area (Å²) in [5, 5.41) is 13.2. The zero-order valence-corrected chi connectivity index (χ0v) is 22.2. The molecule has 9 nitrogen and oxygen atoms in total. The first kappa shape index (κ1) is 26.6. The van der Waals surface area contributed by atoms with Crippen LogP contribution in [0.2, 0.25) is 0 Å². The van der Waals surface area contributed by atoms with E-state index in [0.29, 0.717) is 22.4 Å². The third-order valence-corrected chi connectivity index (χ3v) is 7.59. The number of carbonyl (C=O) groups is 2. The van der Waals surface area contributed by atoms with E-state index in [1.807, 2.05) is 42.2 Å². The Kier molecular flexibility index (Phi) is 9.89. The van der Waals surface area contributed by atoms with Crippen LogP contribution in [0.4, 0.5) is 0 Å². The Balaban J connectivity index is 1.26. The van der Waals surface area contributed by atoms with Crippen molar-refractivity contribution in [3.05, 3.63) is 54.1 Å². The minimum absolute atomic E-state index is 0.0156. The lowest BCUT2D eigenvalue weighted by atomic mass is 10.1. The number of rotatable bonds is 11. The van der Waals surface area contributed by atoms with Gasteiger partial charge in [-0.05, 0) is 49.9 Å². The van der Waals surface area contributed by atoms with Gasteiger partial charge in [0.25, 0.3) is 11.8 Å². The largest absolute Gasteiger partial charge is 0.490 e. The molecule has 1 aliphatic heterocycles. The van der Waals surface area contributed by atoms with Crippen molar-refractivity contribution in [1.29, 1.82) is 0 Å². The molecular weight excluding hydrogens is 510 g/mol. The third-order valence-electron chi connectivity index (χ3n) is 5.48. The van der Waals surface area contributed by atoms with E-state index in [2.05, 4.69) is 20.7 Å². The highest BCUT2D eigenvalue weighted by Crippen LogP contribution is 2.29. The van der Waals surface area contributed by atoms with Crippen LogP contribution in [0.1, 0.15) is 31.7 Å². The number of hydrazone groups is 1. The molecule has 11 heteroatoms. The number of hydrogen-bond donors (Lipinski definition) is 1. The Morgan fingerprint density at radius 1 is 1.08 bits per heavy atom. The zero-order valence-electron chi connectivity index (χ0n) is 20.6. The van der Waals surface area contributed by atoms with Crippen LogP contribution < -0.4 is 14.9 Å². The monoisotopic (exact) mass is 539 g/mol. The van der Waals surface area contributed by atoms with Gasteiger partial charge in [-0.25, -0.2) is 5.43 Å². The van der Waals surface area contributed by atoms with Gasteiger partial charge in [0.1, 0.15) is 5.01 Å². The Morgan fingerprint density at radius 3 is 2.68 bits per heavy atom. The number of carbonyl (C=O) groups excluding carboxylic acids is 2.